The molecule has 210 valence electrons. The van der Waals surface area contributed by atoms with Gasteiger partial charge in [0.15, 0.2) is 0 Å². The van der Waals surface area contributed by atoms with Crippen LogP contribution < -0.4 is 37.3 Å². The average molecular weight is 545 g/mol. The summed E-state index contributed by atoms with van der Waals surface area (Å²) in [4.78, 5) is 25.1. The van der Waals surface area contributed by atoms with E-state index in [0.717, 1.165) is 31.2 Å². The maximum Gasteiger partial charge on any atom is 0.251 e. The van der Waals surface area contributed by atoms with Crippen LogP contribution in [0.2, 0.25) is 0 Å². The lowest BCUT2D eigenvalue weighted by Gasteiger charge is -2.26. The zero-order valence-electron chi connectivity index (χ0n) is 22.3. The molecule has 9 N–H and O–H groups in total. The number of nitrogen functional groups attached to an aromatic ring is 1. The van der Waals surface area contributed by atoms with E-state index in [-0.39, 0.29) is 49.3 Å². The van der Waals surface area contributed by atoms with E-state index in [9.17, 15) is 9.59 Å². The molecule has 1 aliphatic rings. The highest BCUT2D eigenvalue weighted by Gasteiger charge is 2.21. The van der Waals surface area contributed by atoms with Crippen molar-refractivity contribution in [1.29, 1.82) is 5.41 Å². The number of rotatable bonds is 11. The summed E-state index contributed by atoms with van der Waals surface area (Å²) in [5.74, 6) is 0.992. The third kappa shape index (κ3) is 8.29. The van der Waals surface area contributed by atoms with Gasteiger partial charge in [-0.05, 0) is 79.8 Å². The van der Waals surface area contributed by atoms with Crippen molar-refractivity contribution >= 4 is 23.3 Å². The molecule has 1 aliphatic carbocycles. The summed E-state index contributed by atoms with van der Waals surface area (Å²) < 4.78 is 12.1. The highest BCUT2D eigenvalue weighted by atomic mass is 16.5. The topological polar surface area (TPSA) is 179 Å². The molecular weight excluding hydrogens is 508 g/mol. The van der Waals surface area contributed by atoms with Crippen molar-refractivity contribution in [2.45, 2.75) is 50.8 Å². The van der Waals surface area contributed by atoms with Gasteiger partial charge in [-0.2, -0.15) is 0 Å². The highest BCUT2D eigenvalue weighted by molar-refractivity contribution is 5.96. The molecule has 0 aromatic heterocycles. The summed E-state index contributed by atoms with van der Waals surface area (Å²) in [6, 6.07) is 19.5. The predicted molar refractivity (Wildman–Crippen MR) is 155 cm³/mol. The van der Waals surface area contributed by atoms with E-state index in [1.54, 1.807) is 48.5 Å². The molecule has 4 rings (SSSR count). The van der Waals surface area contributed by atoms with Crippen molar-refractivity contribution in [3.05, 3.63) is 83.4 Å². The maximum atomic E-state index is 13.2. The number of benzene rings is 3. The fraction of sp³-hybridized carbons (Fsp3) is 0.300. The van der Waals surface area contributed by atoms with E-state index in [1.165, 1.54) is 0 Å². The van der Waals surface area contributed by atoms with Crippen LogP contribution in [0.4, 0.5) is 5.69 Å². The van der Waals surface area contributed by atoms with Crippen LogP contribution in [-0.2, 0) is 11.4 Å². The van der Waals surface area contributed by atoms with Gasteiger partial charge in [0.25, 0.3) is 5.91 Å². The van der Waals surface area contributed by atoms with Crippen LogP contribution in [0.1, 0.15) is 53.6 Å². The normalized spacial score (nSPS) is 16.6. The largest absolute Gasteiger partial charge is 0.489 e. The number of amidine groups is 1. The third-order valence-corrected chi connectivity index (χ3v) is 6.64. The number of carbonyl (C=O) groups excluding carboxylic acids is 2. The predicted octanol–water partition coefficient (Wildman–Crippen LogP) is 3.63. The Morgan fingerprint density at radius 3 is 2.33 bits per heavy atom. The molecule has 3 aromatic rings. The molecule has 10 heteroatoms. The fourth-order valence-electron chi connectivity index (χ4n) is 4.48. The standard InChI is InChI=1S/C30H36N6O4/c31-13-12-28(37)35-24-3-1-2-19(14-24)18-39-26-15-21(30(38)36-23-8-6-22(32)7-9-23)16-27(17-26)40-25-10-4-20(5-11-25)29(33)34/h1-5,10-11,14-17,22-23H,6-9,12-13,18,31-32H2,(H3,33,34)(H,35,37)(H,36,38). The number of ether oxygens (including phenoxy) is 2. The number of nitrogens with one attached hydrogen (secondary N) is 3. The number of carbonyl (C=O) groups is 2. The van der Waals surface area contributed by atoms with Gasteiger partial charge in [0.2, 0.25) is 5.91 Å². The van der Waals surface area contributed by atoms with Crippen molar-refractivity contribution < 1.29 is 19.1 Å². The number of hydrogen-bond acceptors (Lipinski definition) is 7. The Labute approximate surface area is 233 Å². The van der Waals surface area contributed by atoms with Crippen molar-refractivity contribution in [3.8, 4) is 17.2 Å². The Hall–Kier alpha value is -4.41. The average Bonchev–Trinajstić information content (AvgIpc) is 2.93. The second kappa shape index (κ2) is 13.6. The van der Waals surface area contributed by atoms with Gasteiger partial charge >= 0.3 is 0 Å². The minimum atomic E-state index is -0.215. The quantitative estimate of drug-likeness (QED) is 0.158. The molecule has 0 radical (unpaired) electrons. The van der Waals surface area contributed by atoms with E-state index in [4.69, 9.17) is 32.1 Å². The van der Waals surface area contributed by atoms with E-state index in [2.05, 4.69) is 10.6 Å². The van der Waals surface area contributed by atoms with Crippen molar-refractivity contribution in [2.75, 3.05) is 11.9 Å². The van der Waals surface area contributed by atoms with Crippen LogP contribution in [0.25, 0.3) is 0 Å². The van der Waals surface area contributed by atoms with Gasteiger partial charge < -0.3 is 37.3 Å². The fourth-order valence-corrected chi connectivity index (χ4v) is 4.48. The molecule has 0 unspecified atom stereocenters. The second-order valence-corrected chi connectivity index (χ2v) is 9.89. The van der Waals surface area contributed by atoms with Crippen molar-refractivity contribution in [1.82, 2.24) is 5.32 Å². The van der Waals surface area contributed by atoms with Gasteiger partial charge in [0.05, 0.1) is 0 Å². The molecular formula is C30H36N6O4. The lowest BCUT2D eigenvalue weighted by Crippen LogP contribution is -2.40. The Kier molecular flexibility index (Phi) is 9.71. The zero-order chi connectivity index (χ0) is 28.5. The maximum absolute atomic E-state index is 13.2. The summed E-state index contributed by atoms with van der Waals surface area (Å²) in [5, 5.41) is 13.5. The Balaban J connectivity index is 1.51. The molecule has 0 heterocycles. The Morgan fingerprint density at radius 2 is 1.62 bits per heavy atom. The van der Waals surface area contributed by atoms with Gasteiger partial charge in [0.1, 0.15) is 29.7 Å². The number of nitrogens with two attached hydrogens (primary N) is 3. The Bertz CT molecular complexity index is 1340. The van der Waals surface area contributed by atoms with Crippen LogP contribution in [0.3, 0.4) is 0 Å². The van der Waals surface area contributed by atoms with Crippen molar-refractivity contribution in [3.63, 3.8) is 0 Å². The van der Waals surface area contributed by atoms with Gasteiger partial charge in [-0.15, -0.1) is 0 Å². The Morgan fingerprint density at radius 1 is 0.900 bits per heavy atom. The summed E-state index contributed by atoms with van der Waals surface area (Å²) in [7, 11) is 0. The lowest BCUT2D eigenvalue weighted by molar-refractivity contribution is -0.116. The third-order valence-electron chi connectivity index (χ3n) is 6.64. The minimum absolute atomic E-state index is 0.0346. The summed E-state index contributed by atoms with van der Waals surface area (Å²) >= 11 is 0. The van der Waals surface area contributed by atoms with Crippen LogP contribution in [0.5, 0.6) is 17.2 Å². The monoisotopic (exact) mass is 544 g/mol. The first-order valence-electron chi connectivity index (χ1n) is 13.3. The molecule has 2 amide bonds. The van der Waals surface area contributed by atoms with Crippen LogP contribution >= 0.6 is 0 Å². The van der Waals surface area contributed by atoms with Crippen molar-refractivity contribution in [2.24, 2.45) is 17.2 Å². The molecule has 0 aliphatic heterocycles. The molecule has 0 saturated heterocycles. The molecule has 0 spiro atoms. The van der Waals surface area contributed by atoms with Crippen LogP contribution in [-0.4, -0.2) is 36.3 Å². The number of amides is 2. The molecule has 0 atom stereocenters. The first kappa shape index (κ1) is 28.6. The summed E-state index contributed by atoms with van der Waals surface area (Å²) in [5.41, 5.74) is 19.5. The molecule has 40 heavy (non-hydrogen) atoms. The van der Waals surface area contributed by atoms with Gasteiger partial charge in [-0.1, -0.05) is 12.1 Å². The lowest BCUT2D eigenvalue weighted by atomic mass is 9.91. The molecule has 0 bridgehead atoms. The molecule has 10 nitrogen and oxygen atoms in total. The molecule has 3 aromatic carbocycles. The van der Waals surface area contributed by atoms with Gasteiger partial charge in [0, 0.05) is 47.9 Å². The van der Waals surface area contributed by atoms with Crippen LogP contribution in [0.15, 0.2) is 66.7 Å². The van der Waals surface area contributed by atoms with E-state index >= 15 is 0 Å². The smallest absolute Gasteiger partial charge is 0.251 e. The van der Waals surface area contributed by atoms with E-state index in [0.29, 0.717) is 34.1 Å². The first-order chi connectivity index (χ1) is 19.3. The number of anilines is 1. The van der Waals surface area contributed by atoms with E-state index in [1.807, 2.05) is 18.2 Å². The van der Waals surface area contributed by atoms with E-state index < -0.39 is 0 Å². The molecule has 1 fully saturated rings. The van der Waals surface area contributed by atoms with Crippen LogP contribution in [0, 0.1) is 5.41 Å². The first-order valence-corrected chi connectivity index (χ1v) is 13.3. The molecule has 1 saturated carbocycles. The number of hydrogen-bond donors (Lipinski definition) is 6. The summed E-state index contributed by atoms with van der Waals surface area (Å²) in [6.45, 7) is 0.483. The highest BCUT2D eigenvalue weighted by Crippen LogP contribution is 2.29. The second-order valence-electron chi connectivity index (χ2n) is 9.89. The van der Waals surface area contributed by atoms with Gasteiger partial charge in [-0.25, -0.2) is 0 Å². The zero-order valence-corrected chi connectivity index (χ0v) is 22.3. The van der Waals surface area contributed by atoms with Gasteiger partial charge in [-0.3, -0.25) is 15.0 Å². The minimum Gasteiger partial charge on any atom is -0.489 e. The SMILES string of the molecule is N=C(N)c1ccc(Oc2cc(OCc3cccc(NC(=O)CCN)c3)cc(C(=O)NC3CCC(N)CC3)c2)cc1. The summed E-state index contributed by atoms with van der Waals surface area (Å²) in [6.07, 6.45) is 3.68.